The molecule has 0 radical (unpaired) electrons. The van der Waals surface area contributed by atoms with Gasteiger partial charge in [-0.25, -0.2) is 0 Å². The van der Waals surface area contributed by atoms with Crippen molar-refractivity contribution in [3.63, 3.8) is 0 Å². The van der Waals surface area contributed by atoms with Crippen LogP contribution in [-0.4, -0.2) is 25.5 Å². The maximum atomic E-state index is 12.6. The third-order valence-electron chi connectivity index (χ3n) is 4.48. The Balaban J connectivity index is 1.67. The number of nitrogens with one attached hydrogen (secondary N) is 1. The summed E-state index contributed by atoms with van der Waals surface area (Å²) in [7, 11) is 1.64. The zero-order chi connectivity index (χ0) is 19.1. The predicted octanol–water partition coefficient (Wildman–Crippen LogP) is 2.71. The van der Waals surface area contributed by atoms with Crippen LogP contribution in [0.15, 0.2) is 51.7 Å². The number of ether oxygens (including phenoxy) is 1. The lowest BCUT2D eigenvalue weighted by molar-refractivity contribution is -0.120. The summed E-state index contributed by atoms with van der Waals surface area (Å²) in [5, 5.41) is 3.12. The number of benzene rings is 2. The number of para-hydroxylation sites is 1. The Labute approximate surface area is 154 Å². The molecule has 0 aliphatic carbocycles. The van der Waals surface area contributed by atoms with Gasteiger partial charge in [0.1, 0.15) is 11.3 Å². The highest BCUT2D eigenvalue weighted by Crippen LogP contribution is 2.33. The average Bonchev–Trinajstić information content (AvgIpc) is 2.66. The molecule has 3 aromatic rings. The molecular weight excluding hydrogens is 348 g/mol. The lowest BCUT2D eigenvalue weighted by Crippen LogP contribution is -2.35. The van der Waals surface area contributed by atoms with Gasteiger partial charge in [0.05, 0.1) is 11.1 Å². The summed E-state index contributed by atoms with van der Waals surface area (Å²) < 4.78 is 11.0. The van der Waals surface area contributed by atoms with E-state index in [1.807, 2.05) is 13.0 Å². The molecule has 0 saturated heterocycles. The molecule has 7 nitrogen and oxygen atoms in total. The topological polar surface area (TPSA) is 88.9 Å². The molecule has 2 heterocycles. The van der Waals surface area contributed by atoms with Crippen LogP contribution < -0.4 is 20.4 Å². The van der Waals surface area contributed by atoms with E-state index in [4.69, 9.17) is 9.15 Å². The van der Waals surface area contributed by atoms with E-state index in [1.165, 1.54) is 11.0 Å². The number of hydrogen-bond acceptors (Lipinski definition) is 5. The maximum absolute atomic E-state index is 12.6. The lowest BCUT2D eigenvalue weighted by atomic mass is 10.1. The largest absolute Gasteiger partial charge is 0.482 e. The molecule has 0 atom stereocenters. The summed E-state index contributed by atoms with van der Waals surface area (Å²) in [6.07, 6.45) is 0. The number of carbonyl (C=O) groups excluding carboxylic acids is 2. The van der Waals surface area contributed by atoms with Crippen molar-refractivity contribution in [2.24, 2.45) is 0 Å². The molecule has 4 rings (SSSR count). The summed E-state index contributed by atoms with van der Waals surface area (Å²) >= 11 is 0. The quantitative estimate of drug-likeness (QED) is 0.755. The highest BCUT2D eigenvalue weighted by molar-refractivity contribution is 6.04. The van der Waals surface area contributed by atoms with Crippen molar-refractivity contribution >= 4 is 34.2 Å². The summed E-state index contributed by atoms with van der Waals surface area (Å²) in [6.45, 7) is 1.79. The van der Waals surface area contributed by atoms with Crippen molar-refractivity contribution < 1.29 is 18.7 Å². The third-order valence-corrected chi connectivity index (χ3v) is 4.48. The Bertz CT molecular complexity index is 1150. The van der Waals surface area contributed by atoms with E-state index in [2.05, 4.69) is 5.32 Å². The van der Waals surface area contributed by atoms with Crippen LogP contribution in [-0.2, 0) is 4.79 Å². The van der Waals surface area contributed by atoms with E-state index >= 15 is 0 Å². The van der Waals surface area contributed by atoms with Gasteiger partial charge in [0.25, 0.3) is 11.8 Å². The molecular formula is C20H16N2O5. The van der Waals surface area contributed by atoms with E-state index in [-0.39, 0.29) is 23.7 Å². The van der Waals surface area contributed by atoms with Crippen molar-refractivity contribution in [1.29, 1.82) is 0 Å². The van der Waals surface area contributed by atoms with Crippen molar-refractivity contribution in [3.8, 4) is 5.75 Å². The fraction of sp³-hybridized carbons (Fsp3) is 0.150. The second-order valence-corrected chi connectivity index (χ2v) is 6.30. The van der Waals surface area contributed by atoms with Gasteiger partial charge >= 0.3 is 0 Å². The molecule has 0 bridgehead atoms. The van der Waals surface area contributed by atoms with Gasteiger partial charge < -0.3 is 19.4 Å². The van der Waals surface area contributed by atoms with Gasteiger partial charge in [-0.05, 0) is 36.8 Å². The summed E-state index contributed by atoms with van der Waals surface area (Å²) in [5.74, 6) is -0.256. The van der Waals surface area contributed by atoms with Crippen LogP contribution in [0.5, 0.6) is 5.75 Å². The zero-order valence-corrected chi connectivity index (χ0v) is 14.7. The van der Waals surface area contributed by atoms with Crippen molar-refractivity contribution in [1.82, 2.24) is 0 Å². The SMILES string of the molecule is Cc1cccc2c(=O)cc(C(=O)Nc3ccc4c(c3)N(C)C(=O)CO4)oc12. The molecule has 1 aliphatic heterocycles. The number of fused-ring (bicyclic) bond motifs is 2. The fourth-order valence-corrected chi connectivity index (χ4v) is 2.97. The number of nitrogens with zero attached hydrogens (tertiary/aromatic N) is 1. The first-order chi connectivity index (χ1) is 12.9. The number of anilines is 2. The Hall–Kier alpha value is -3.61. The molecule has 27 heavy (non-hydrogen) atoms. The smallest absolute Gasteiger partial charge is 0.291 e. The van der Waals surface area contributed by atoms with E-state index in [0.717, 1.165) is 5.56 Å². The minimum absolute atomic E-state index is 0.0171. The van der Waals surface area contributed by atoms with Crippen LogP contribution in [0.4, 0.5) is 11.4 Å². The Morgan fingerprint density at radius 3 is 2.78 bits per heavy atom. The average molecular weight is 364 g/mol. The highest BCUT2D eigenvalue weighted by Gasteiger charge is 2.23. The molecule has 7 heteroatoms. The number of hydrogen-bond donors (Lipinski definition) is 1. The van der Waals surface area contributed by atoms with Crippen LogP contribution in [0.3, 0.4) is 0 Å². The zero-order valence-electron chi connectivity index (χ0n) is 14.7. The van der Waals surface area contributed by atoms with E-state index < -0.39 is 5.91 Å². The normalized spacial score (nSPS) is 13.3. The van der Waals surface area contributed by atoms with Crippen LogP contribution in [0, 0.1) is 6.92 Å². The first-order valence-electron chi connectivity index (χ1n) is 8.32. The molecule has 0 unspecified atom stereocenters. The standard InChI is InChI=1S/C20H16N2O5/c1-11-4-3-5-13-15(23)9-17(27-19(11)13)20(25)21-12-6-7-16-14(8-12)22(2)18(24)10-26-16/h3-9H,10H2,1-2H3,(H,21,25). The number of rotatable bonds is 2. The van der Waals surface area contributed by atoms with Crippen LogP contribution >= 0.6 is 0 Å². The van der Waals surface area contributed by atoms with Crippen molar-refractivity contribution in [2.75, 3.05) is 23.9 Å². The van der Waals surface area contributed by atoms with Crippen LogP contribution in [0.2, 0.25) is 0 Å². The van der Waals surface area contributed by atoms with Crippen molar-refractivity contribution in [2.45, 2.75) is 6.92 Å². The summed E-state index contributed by atoms with van der Waals surface area (Å²) in [6, 6.07) is 11.4. The molecule has 0 spiro atoms. The minimum atomic E-state index is -0.553. The monoisotopic (exact) mass is 364 g/mol. The fourth-order valence-electron chi connectivity index (χ4n) is 2.97. The summed E-state index contributed by atoms with van der Waals surface area (Å²) in [4.78, 5) is 38.1. The molecule has 1 aromatic heterocycles. The van der Waals surface area contributed by atoms with Gasteiger partial charge in [-0.3, -0.25) is 14.4 Å². The van der Waals surface area contributed by atoms with Gasteiger partial charge in [0.15, 0.2) is 17.8 Å². The Kier molecular flexibility index (Phi) is 3.92. The van der Waals surface area contributed by atoms with Crippen LogP contribution in [0.25, 0.3) is 11.0 Å². The van der Waals surface area contributed by atoms with E-state index in [0.29, 0.717) is 28.1 Å². The number of carbonyl (C=O) groups is 2. The minimum Gasteiger partial charge on any atom is -0.482 e. The second-order valence-electron chi connectivity index (χ2n) is 6.30. The molecule has 1 aliphatic rings. The third kappa shape index (κ3) is 2.93. The van der Waals surface area contributed by atoms with Crippen LogP contribution in [0.1, 0.15) is 16.1 Å². The van der Waals surface area contributed by atoms with Gasteiger partial charge in [-0.1, -0.05) is 12.1 Å². The molecule has 0 fully saturated rings. The molecule has 0 saturated carbocycles. The molecule has 2 aromatic carbocycles. The second kappa shape index (κ2) is 6.28. The maximum Gasteiger partial charge on any atom is 0.291 e. The number of aryl methyl sites for hydroxylation is 1. The van der Waals surface area contributed by atoms with Gasteiger partial charge in [-0.15, -0.1) is 0 Å². The Morgan fingerprint density at radius 1 is 1.15 bits per heavy atom. The van der Waals surface area contributed by atoms with Gasteiger partial charge in [-0.2, -0.15) is 0 Å². The van der Waals surface area contributed by atoms with Gasteiger partial charge in [0.2, 0.25) is 0 Å². The molecule has 2 amide bonds. The highest BCUT2D eigenvalue weighted by atomic mass is 16.5. The number of likely N-dealkylation sites (N-methyl/N-ethyl adjacent to an activating group) is 1. The van der Waals surface area contributed by atoms with E-state index in [1.54, 1.807) is 37.4 Å². The first kappa shape index (κ1) is 16.8. The van der Waals surface area contributed by atoms with Crippen molar-refractivity contribution in [3.05, 3.63) is 64.0 Å². The summed E-state index contributed by atoms with van der Waals surface area (Å²) in [5.41, 5.74) is 1.88. The number of amides is 2. The molecule has 1 N–H and O–H groups in total. The van der Waals surface area contributed by atoms with Gasteiger partial charge in [0, 0.05) is 18.8 Å². The van der Waals surface area contributed by atoms with E-state index in [9.17, 15) is 14.4 Å². The first-order valence-corrected chi connectivity index (χ1v) is 8.32. The predicted molar refractivity (Wildman–Crippen MR) is 101 cm³/mol. The lowest BCUT2D eigenvalue weighted by Gasteiger charge is -2.26. The Morgan fingerprint density at radius 2 is 1.96 bits per heavy atom. The molecule has 136 valence electrons.